The SMILES string of the molecule is CC(C)CC(CO)N(C)c1cccc(C(=O)O)n1. The minimum Gasteiger partial charge on any atom is -0.477 e. The number of carbonyl (C=O) groups is 1. The number of hydrogen-bond donors (Lipinski definition) is 2. The number of carboxylic acid groups (broad SMARTS) is 1. The summed E-state index contributed by atoms with van der Waals surface area (Å²) in [4.78, 5) is 16.8. The van der Waals surface area contributed by atoms with Crippen LogP contribution in [0.2, 0.25) is 0 Å². The monoisotopic (exact) mass is 252 g/mol. The molecule has 1 atom stereocenters. The number of aliphatic hydroxyl groups is 1. The average molecular weight is 252 g/mol. The highest BCUT2D eigenvalue weighted by Gasteiger charge is 2.17. The van der Waals surface area contributed by atoms with E-state index in [1.807, 2.05) is 11.9 Å². The van der Waals surface area contributed by atoms with E-state index in [1.54, 1.807) is 12.1 Å². The molecule has 0 fully saturated rings. The van der Waals surface area contributed by atoms with Crippen molar-refractivity contribution < 1.29 is 15.0 Å². The van der Waals surface area contributed by atoms with Gasteiger partial charge in [-0.1, -0.05) is 19.9 Å². The Morgan fingerprint density at radius 2 is 2.11 bits per heavy atom. The van der Waals surface area contributed by atoms with Crippen molar-refractivity contribution in [2.45, 2.75) is 26.3 Å². The number of anilines is 1. The van der Waals surface area contributed by atoms with Gasteiger partial charge in [0.25, 0.3) is 0 Å². The molecule has 0 aliphatic rings. The molecule has 1 rings (SSSR count). The molecule has 1 unspecified atom stereocenters. The molecular weight excluding hydrogens is 232 g/mol. The van der Waals surface area contributed by atoms with Crippen molar-refractivity contribution in [2.24, 2.45) is 5.92 Å². The summed E-state index contributed by atoms with van der Waals surface area (Å²) in [7, 11) is 1.82. The predicted molar refractivity (Wildman–Crippen MR) is 69.9 cm³/mol. The van der Waals surface area contributed by atoms with Crippen molar-refractivity contribution in [3.63, 3.8) is 0 Å². The van der Waals surface area contributed by atoms with Gasteiger partial charge in [0.2, 0.25) is 0 Å². The Morgan fingerprint density at radius 3 is 2.61 bits per heavy atom. The number of pyridine rings is 1. The lowest BCUT2D eigenvalue weighted by Gasteiger charge is -2.29. The Hall–Kier alpha value is -1.62. The van der Waals surface area contributed by atoms with Gasteiger partial charge in [-0.3, -0.25) is 0 Å². The van der Waals surface area contributed by atoms with Crippen LogP contribution in [0.3, 0.4) is 0 Å². The van der Waals surface area contributed by atoms with E-state index < -0.39 is 5.97 Å². The van der Waals surface area contributed by atoms with E-state index in [4.69, 9.17) is 5.11 Å². The first-order valence-corrected chi connectivity index (χ1v) is 5.99. The Bertz CT molecular complexity index is 407. The number of aromatic nitrogens is 1. The Morgan fingerprint density at radius 1 is 1.44 bits per heavy atom. The third-order valence-electron chi connectivity index (χ3n) is 2.82. The molecule has 1 aromatic rings. The second kappa shape index (κ2) is 6.35. The zero-order valence-electron chi connectivity index (χ0n) is 11.0. The molecule has 0 amide bonds. The first kappa shape index (κ1) is 14.4. The van der Waals surface area contributed by atoms with Crippen molar-refractivity contribution in [1.82, 2.24) is 4.98 Å². The van der Waals surface area contributed by atoms with E-state index in [0.717, 1.165) is 6.42 Å². The third kappa shape index (κ3) is 3.70. The minimum atomic E-state index is -1.05. The molecule has 1 aromatic heterocycles. The van der Waals surface area contributed by atoms with Gasteiger partial charge >= 0.3 is 5.97 Å². The van der Waals surface area contributed by atoms with Gasteiger partial charge in [-0.2, -0.15) is 0 Å². The number of nitrogens with zero attached hydrogens (tertiary/aromatic N) is 2. The molecular formula is C13H20N2O3. The van der Waals surface area contributed by atoms with Crippen molar-refractivity contribution >= 4 is 11.8 Å². The molecule has 1 heterocycles. The summed E-state index contributed by atoms with van der Waals surface area (Å²) in [5, 5.41) is 18.3. The molecule has 2 N–H and O–H groups in total. The second-order valence-corrected chi connectivity index (χ2v) is 4.76. The first-order valence-electron chi connectivity index (χ1n) is 5.99. The maximum Gasteiger partial charge on any atom is 0.354 e. The van der Waals surface area contributed by atoms with Crippen LogP contribution >= 0.6 is 0 Å². The standard InChI is InChI=1S/C13H20N2O3/c1-9(2)7-10(8-16)15(3)12-6-4-5-11(14-12)13(17)18/h4-6,9-10,16H,7-8H2,1-3H3,(H,17,18). The molecule has 0 aromatic carbocycles. The van der Waals surface area contributed by atoms with Crippen LogP contribution in [0, 0.1) is 5.92 Å². The Kier molecular flexibility index (Phi) is 5.09. The van der Waals surface area contributed by atoms with Crippen molar-refractivity contribution in [3.8, 4) is 0 Å². The summed E-state index contributed by atoms with van der Waals surface area (Å²) in [5.74, 6) is -0.0310. The molecule has 5 nitrogen and oxygen atoms in total. The number of aliphatic hydroxyl groups excluding tert-OH is 1. The van der Waals surface area contributed by atoms with Crippen LogP contribution < -0.4 is 4.90 Å². The fraction of sp³-hybridized carbons (Fsp3) is 0.538. The quantitative estimate of drug-likeness (QED) is 0.805. The number of hydrogen-bond acceptors (Lipinski definition) is 4. The van der Waals surface area contributed by atoms with Crippen LogP contribution in [0.15, 0.2) is 18.2 Å². The maximum atomic E-state index is 10.9. The second-order valence-electron chi connectivity index (χ2n) is 4.76. The van der Waals surface area contributed by atoms with Gasteiger partial charge in [-0.25, -0.2) is 9.78 Å². The maximum absolute atomic E-state index is 10.9. The average Bonchev–Trinajstić information content (AvgIpc) is 2.35. The van der Waals surface area contributed by atoms with E-state index in [1.165, 1.54) is 6.07 Å². The molecule has 18 heavy (non-hydrogen) atoms. The molecule has 5 heteroatoms. The minimum absolute atomic E-state index is 0.0144. The largest absolute Gasteiger partial charge is 0.477 e. The van der Waals surface area contributed by atoms with Crippen LogP contribution in [-0.4, -0.2) is 40.9 Å². The van der Waals surface area contributed by atoms with Gasteiger partial charge < -0.3 is 15.1 Å². The van der Waals surface area contributed by atoms with Crippen LogP contribution in [0.5, 0.6) is 0 Å². The zero-order chi connectivity index (χ0) is 13.7. The van der Waals surface area contributed by atoms with Crippen LogP contribution in [-0.2, 0) is 0 Å². The molecule has 100 valence electrons. The van der Waals surface area contributed by atoms with E-state index in [9.17, 15) is 9.90 Å². The van der Waals surface area contributed by atoms with Crippen LogP contribution in [0.25, 0.3) is 0 Å². The molecule has 0 radical (unpaired) electrons. The molecule has 0 saturated heterocycles. The van der Waals surface area contributed by atoms with Gasteiger partial charge in [0.15, 0.2) is 5.69 Å². The zero-order valence-corrected chi connectivity index (χ0v) is 11.0. The molecule has 0 spiro atoms. The van der Waals surface area contributed by atoms with E-state index in [2.05, 4.69) is 18.8 Å². The molecule has 0 aliphatic heterocycles. The Labute approximate surface area is 107 Å². The topological polar surface area (TPSA) is 73.7 Å². The molecule has 0 aliphatic carbocycles. The van der Waals surface area contributed by atoms with Gasteiger partial charge in [-0.05, 0) is 24.5 Å². The third-order valence-corrected chi connectivity index (χ3v) is 2.82. The number of aromatic carboxylic acids is 1. The smallest absolute Gasteiger partial charge is 0.354 e. The normalized spacial score (nSPS) is 12.5. The van der Waals surface area contributed by atoms with Crippen LogP contribution in [0.4, 0.5) is 5.82 Å². The summed E-state index contributed by atoms with van der Waals surface area (Å²) < 4.78 is 0. The summed E-state index contributed by atoms with van der Waals surface area (Å²) in [5.41, 5.74) is 0.0144. The highest BCUT2D eigenvalue weighted by Crippen LogP contribution is 2.17. The van der Waals surface area contributed by atoms with Crippen molar-refractivity contribution in [1.29, 1.82) is 0 Å². The number of likely N-dealkylation sites (N-methyl/N-ethyl adjacent to an activating group) is 1. The van der Waals surface area contributed by atoms with E-state index >= 15 is 0 Å². The van der Waals surface area contributed by atoms with Gasteiger partial charge in [0.05, 0.1) is 12.6 Å². The fourth-order valence-corrected chi connectivity index (χ4v) is 1.83. The highest BCUT2D eigenvalue weighted by atomic mass is 16.4. The number of carboxylic acids is 1. The fourth-order valence-electron chi connectivity index (χ4n) is 1.83. The lowest BCUT2D eigenvalue weighted by atomic mass is 10.0. The van der Waals surface area contributed by atoms with Gasteiger partial charge in [-0.15, -0.1) is 0 Å². The summed E-state index contributed by atoms with van der Waals surface area (Å²) in [6.07, 6.45) is 0.825. The van der Waals surface area contributed by atoms with Gasteiger partial charge in [0, 0.05) is 7.05 Å². The lowest BCUT2D eigenvalue weighted by Crippen LogP contribution is -2.36. The highest BCUT2D eigenvalue weighted by molar-refractivity contribution is 5.85. The lowest BCUT2D eigenvalue weighted by molar-refractivity contribution is 0.0690. The van der Waals surface area contributed by atoms with Crippen LogP contribution in [0.1, 0.15) is 30.8 Å². The van der Waals surface area contributed by atoms with E-state index in [0.29, 0.717) is 11.7 Å². The summed E-state index contributed by atoms with van der Waals surface area (Å²) in [6.45, 7) is 4.18. The Balaban J connectivity index is 2.90. The molecule has 0 bridgehead atoms. The predicted octanol–water partition coefficient (Wildman–Crippen LogP) is 1.62. The molecule has 0 saturated carbocycles. The number of rotatable bonds is 6. The van der Waals surface area contributed by atoms with E-state index in [-0.39, 0.29) is 18.3 Å². The van der Waals surface area contributed by atoms with Gasteiger partial charge in [0.1, 0.15) is 5.82 Å². The summed E-state index contributed by atoms with van der Waals surface area (Å²) >= 11 is 0. The first-order chi connectivity index (χ1) is 8.45. The van der Waals surface area contributed by atoms with Crippen molar-refractivity contribution in [2.75, 3.05) is 18.6 Å². The van der Waals surface area contributed by atoms with Crippen molar-refractivity contribution in [3.05, 3.63) is 23.9 Å². The summed E-state index contributed by atoms with van der Waals surface area (Å²) in [6, 6.07) is 4.80.